The molecule has 0 aliphatic carbocycles. The maximum Gasteiger partial charge on any atom is 0.260 e. The second-order valence-corrected chi connectivity index (χ2v) is 4.39. The molecule has 1 rings (SSSR count). The molecule has 0 unspecified atom stereocenters. The molecule has 1 aromatic carbocycles. The maximum absolute atomic E-state index is 12.5. The van der Waals surface area contributed by atoms with Crippen molar-refractivity contribution in [3.8, 4) is 17.6 Å². The number of methoxy groups -OCH3 is 2. The van der Waals surface area contributed by atoms with Crippen LogP contribution in [0.5, 0.6) is 11.5 Å². The molecule has 0 atom stereocenters. The summed E-state index contributed by atoms with van der Waals surface area (Å²) in [6, 6.07) is 7.29. The van der Waals surface area contributed by atoms with Gasteiger partial charge in [0.05, 0.1) is 20.3 Å². The van der Waals surface area contributed by atoms with Crippen LogP contribution in [0.1, 0.15) is 37.0 Å². The van der Waals surface area contributed by atoms with Gasteiger partial charge in [-0.05, 0) is 25.0 Å². The molecule has 1 N–H and O–H groups in total. The van der Waals surface area contributed by atoms with Gasteiger partial charge < -0.3 is 14.8 Å². The van der Waals surface area contributed by atoms with Crippen LogP contribution in [0.2, 0.25) is 0 Å². The third kappa shape index (κ3) is 3.02. The Morgan fingerprint density at radius 1 is 1.25 bits per heavy atom. The van der Waals surface area contributed by atoms with Crippen LogP contribution in [-0.2, 0) is 0 Å². The Hall–Kier alpha value is -2.22. The molecule has 1 amide bonds. The highest BCUT2D eigenvalue weighted by molar-refractivity contribution is 6.00. The van der Waals surface area contributed by atoms with Gasteiger partial charge in [-0.3, -0.25) is 4.79 Å². The zero-order valence-electron chi connectivity index (χ0n) is 12.3. The minimum Gasteiger partial charge on any atom is -0.496 e. The van der Waals surface area contributed by atoms with Crippen molar-refractivity contribution in [1.29, 1.82) is 5.26 Å². The summed E-state index contributed by atoms with van der Waals surface area (Å²) in [5, 5.41) is 12.1. The average Bonchev–Trinajstić information content (AvgIpc) is 2.51. The summed E-state index contributed by atoms with van der Waals surface area (Å²) >= 11 is 0. The fourth-order valence-electron chi connectivity index (χ4n) is 1.97. The number of benzene rings is 1. The van der Waals surface area contributed by atoms with Crippen molar-refractivity contribution < 1.29 is 14.3 Å². The molecular weight excluding hydrogens is 256 g/mol. The van der Waals surface area contributed by atoms with Gasteiger partial charge in [-0.1, -0.05) is 19.9 Å². The molecule has 0 aromatic heterocycles. The fourth-order valence-corrected chi connectivity index (χ4v) is 1.97. The molecule has 0 aliphatic heterocycles. The normalized spacial score (nSPS) is 10.6. The summed E-state index contributed by atoms with van der Waals surface area (Å²) < 4.78 is 10.4. The molecule has 5 nitrogen and oxygen atoms in total. The first-order chi connectivity index (χ1) is 9.57. The first-order valence-electron chi connectivity index (χ1n) is 6.52. The quantitative estimate of drug-likeness (QED) is 0.866. The number of nitrogens with one attached hydrogen (secondary N) is 1. The molecule has 0 heterocycles. The number of amides is 1. The number of rotatable bonds is 6. The summed E-state index contributed by atoms with van der Waals surface area (Å²) in [4.78, 5) is 12.5. The zero-order valence-corrected chi connectivity index (χ0v) is 12.3. The summed E-state index contributed by atoms with van der Waals surface area (Å²) in [6.07, 6.45) is 1.06. The Kier molecular flexibility index (Phi) is 5.39. The highest BCUT2D eigenvalue weighted by Gasteiger charge is 2.30. The monoisotopic (exact) mass is 276 g/mol. The van der Waals surface area contributed by atoms with Gasteiger partial charge in [0.25, 0.3) is 5.91 Å². The fraction of sp³-hybridized carbons (Fsp3) is 0.467. The number of carbonyl (C=O) groups is 1. The Labute approximate surface area is 119 Å². The van der Waals surface area contributed by atoms with E-state index in [1.807, 2.05) is 13.8 Å². The second kappa shape index (κ2) is 6.80. The van der Waals surface area contributed by atoms with E-state index in [0.717, 1.165) is 0 Å². The number of hydrogen-bond acceptors (Lipinski definition) is 4. The third-order valence-electron chi connectivity index (χ3n) is 3.43. The van der Waals surface area contributed by atoms with E-state index in [4.69, 9.17) is 9.47 Å². The molecule has 0 aliphatic rings. The van der Waals surface area contributed by atoms with Crippen LogP contribution in [0, 0.1) is 11.3 Å². The molecule has 5 heteroatoms. The topological polar surface area (TPSA) is 71.4 Å². The number of hydrogen-bond donors (Lipinski definition) is 1. The van der Waals surface area contributed by atoms with E-state index in [0.29, 0.717) is 29.9 Å². The van der Waals surface area contributed by atoms with Gasteiger partial charge in [-0.2, -0.15) is 5.26 Å². The Morgan fingerprint density at radius 2 is 1.75 bits per heavy atom. The van der Waals surface area contributed by atoms with Crippen LogP contribution >= 0.6 is 0 Å². The van der Waals surface area contributed by atoms with Gasteiger partial charge >= 0.3 is 0 Å². The number of nitriles is 1. The van der Waals surface area contributed by atoms with Gasteiger partial charge in [0.2, 0.25) is 0 Å². The molecule has 0 spiro atoms. The molecule has 108 valence electrons. The van der Waals surface area contributed by atoms with Crippen molar-refractivity contribution >= 4 is 5.91 Å². The SMILES string of the molecule is CCC(C#N)(CC)NC(=O)c1c(OC)cccc1OC. The average molecular weight is 276 g/mol. The van der Waals surface area contributed by atoms with Gasteiger partial charge in [-0.25, -0.2) is 0 Å². The van der Waals surface area contributed by atoms with Crippen LogP contribution in [0.15, 0.2) is 18.2 Å². The number of carbonyl (C=O) groups excluding carboxylic acids is 1. The Bertz CT molecular complexity index is 494. The lowest BCUT2D eigenvalue weighted by molar-refractivity contribution is 0.0909. The van der Waals surface area contributed by atoms with Crippen molar-refractivity contribution in [1.82, 2.24) is 5.32 Å². The Morgan fingerprint density at radius 3 is 2.10 bits per heavy atom. The maximum atomic E-state index is 12.5. The summed E-state index contributed by atoms with van der Waals surface area (Å²) in [7, 11) is 2.98. The summed E-state index contributed by atoms with van der Waals surface area (Å²) in [5.41, 5.74) is -0.567. The lowest BCUT2D eigenvalue weighted by Gasteiger charge is -2.25. The standard InChI is InChI=1S/C15H20N2O3/c1-5-15(6-2,10-16)17-14(18)13-11(19-3)8-7-9-12(13)20-4/h7-9H,5-6H2,1-4H3,(H,17,18). The van der Waals surface area contributed by atoms with E-state index in [9.17, 15) is 10.1 Å². The summed E-state index contributed by atoms with van der Waals surface area (Å²) in [5.74, 6) is 0.464. The van der Waals surface area contributed by atoms with Crippen molar-refractivity contribution in [3.63, 3.8) is 0 Å². The zero-order chi connectivity index (χ0) is 15.2. The molecular formula is C15H20N2O3. The highest BCUT2D eigenvalue weighted by Crippen LogP contribution is 2.29. The highest BCUT2D eigenvalue weighted by atomic mass is 16.5. The van der Waals surface area contributed by atoms with Crippen LogP contribution in [0.4, 0.5) is 0 Å². The molecule has 0 fully saturated rings. The molecule has 0 saturated heterocycles. The minimum absolute atomic E-state index is 0.305. The van der Waals surface area contributed by atoms with Gasteiger partial charge in [0.15, 0.2) is 0 Å². The lowest BCUT2D eigenvalue weighted by atomic mass is 9.94. The predicted molar refractivity (Wildman–Crippen MR) is 75.9 cm³/mol. The molecule has 20 heavy (non-hydrogen) atoms. The van der Waals surface area contributed by atoms with Crippen LogP contribution in [0.25, 0.3) is 0 Å². The smallest absolute Gasteiger partial charge is 0.260 e. The van der Waals surface area contributed by atoms with Crippen molar-refractivity contribution in [2.24, 2.45) is 0 Å². The molecule has 0 radical (unpaired) electrons. The van der Waals surface area contributed by atoms with E-state index in [1.165, 1.54) is 14.2 Å². The molecule has 1 aromatic rings. The second-order valence-electron chi connectivity index (χ2n) is 4.39. The Balaban J connectivity index is 3.19. The van der Waals surface area contributed by atoms with E-state index >= 15 is 0 Å². The lowest BCUT2D eigenvalue weighted by Crippen LogP contribution is -2.46. The van der Waals surface area contributed by atoms with E-state index in [-0.39, 0.29) is 5.91 Å². The first-order valence-corrected chi connectivity index (χ1v) is 6.52. The van der Waals surface area contributed by atoms with Crippen LogP contribution < -0.4 is 14.8 Å². The summed E-state index contributed by atoms with van der Waals surface area (Å²) in [6.45, 7) is 3.74. The number of nitrogens with zero attached hydrogens (tertiary/aromatic N) is 1. The van der Waals surface area contributed by atoms with Crippen LogP contribution in [0.3, 0.4) is 0 Å². The van der Waals surface area contributed by atoms with E-state index < -0.39 is 5.54 Å². The van der Waals surface area contributed by atoms with Gasteiger partial charge in [0, 0.05) is 0 Å². The van der Waals surface area contributed by atoms with E-state index in [1.54, 1.807) is 18.2 Å². The van der Waals surface area contributed by atoms with E-state index in [2.05, 4.69) is 11.4 Å². The first kappa shape index (κ1) is 15.8. The largest absolute Gasteiger partial charge is 0.496 e. The third-order valence-corrected chi connectivity index (χ3v) is 3.43. The van der Waals surface area contributed by atoms with Crippen molar-refractivity contribution in [3.05, 3.63) is 23.8 Å². The molecule has 0 saturated carbocycles. The van der Waals surface area contributed by atoms with Gasteiger partial charge in [0.1, 0.15) is 22.6 Å². The predicted octanol–water partition coefficient (Wildman–Crippen LogP) is 2.52. The van der Waals surface area contributed by atoms with Crippen LogP contribution in [-0.4, -0.2) is 25.7 Å². The number of ether oxygens (including phenoxy) is 2. The minimum atomic E-state index is -0.872. The van der Waals surface area contributed by atoms with Gasteiger partial charge in [-0.15, -0.1) is 0 Å². The molecule has 0 bridgehead atoms. The van der Waals surface area contributed by atoms with Crippen molar-refractivity contribution in [2.75, 3.05) is 14.2 Å². The van der Waals surface area contributed by atoms with Crippen molar-refractivity contribution in [2.45, 2.75) is 32.2 Å².